The predicted molar refractivity (Wildman–Crippen MR) is 84.5 cm³/mol. The number of morpholine rings is 1. The summed E-state index contributed by atoms with van der Waals surface area (Å²) in [7, 11) is -3.19. The smallest absolute Gasteiger partial charge is 0.223 e. The van der Waals surface area contributed by atoms with Gasteiger partial charge in [0, 0.05) is 32.7 Å². The second-order valence-corrected chi connectivity index (χ2v) is 8.54. The van der Waals surface area contributed by atoms with E-state index in [0.717, 1.165) is 19.3 Å². The largest absolute Gasteiger partial charge is 0.379 e. The summed E-state index contributed by atoms with van der Waals surface area (Å²) in [5, 5.41) is 0. The Morgan fingerprint density at radius 1 is 1.13 bits per heavy atom. The Balaban J connectivity index is 1.48. The molecule has 3 aliphatic rings. The molecule has 8 heteroatoms. The molecule has 0 bridgehead atoms. The zero-order valence-electron chi connectivity index (χ0n) is 13.5. The summed E-state index contributed by atoms with van der Waals surface area (Å²) in [6.07, 6.45) is 3.33. The van der Waals surface area contributed by atoms with Crippen molar-refractivity contribution in [2.24, 2.45) is 0 Å². The van der Waals surface area contributed by atoms with E-state index in [1.165, 1.54) is 0 Å². The molecule has 3 saturated heterocycles. The maximum atomic E-state index is 12.5. The zero-order chi connectivity index (χ0) is 16.3. The third kappa shape index (κ3) is 4.04. The van der Waals surface area contributed by atoms with Gasteiger partial charge in [0.05, 0.1) is 25.0 Å². The predicted octanol–water partition coefficient (Wildman–Crippen LogP) is 0.209. The highest BCUT2D eigenvalue weighted by Crippen LogP contribution is 2.23. The first kappa shape index (κ1) is 17.1. The van der Waals surface area contributed by atoms with Gasteiger partial charge in [-0.2, -0.15) is 0 Å². The number of fused-ring (bicyclic) bond motifs is 1. The summed E-state index contributed by atoms with van der Waals surface area (Å²) in [5.41, 5.74) is 0. The number of hydrogen-bond acceptors (Lipinski definition) is 5. The minimum atomic E-state index is -3.19. The van der Waals surface area contributed by atoms with E-state index < -0.39 is 10.0 Å². The second-order valence-electron chi connectivity index (χ2n) is 6.45. The summed E-state index contributed by atoms with van der Waals surface area (Å²) in [6.45, 7) is 3.57. The molecule has 7 nitrogen and oxygen atoms in total. The van der Waals surface area contributed by atoms with Crippen molar-refractivity contribution in [3.63, 3.8) is 0 Å². The van der Waals surface area contributed by atoms with Gasteiger partial charge in [-0.05, 0) is 25.7 Å². The molecule has 0 aromatic rings. The SMILES string of the molecule is O=C(CCCS(=O)(=O)N1CCCC1)N1CCO[C@@H]2COCC[C@@H]21. The van der Waals surface area contributed by atoms with Crippen molar-refractivity contribution in [2.75, 3.05) is 45.2 Å². The van der Waals surface area contributed by atoms with Crippen LogP contribution in [0.2, 0.25) is 0 Å². The maximum Gasteiger partial charge on any atom is 0.223 e. The van der Waals surface area contributed by atoms with Crippen LogP contribution in [0.25, 0.3) is 0 Å². The normalized spacial score (nSPS) is 29.5. The molecule has 3 heterocycles. The van der Waals surface area contributed by atoms with Crippen molar-refractivity contribution in [3.05, 3.63) is 0 Å². The van der Waals surface area contributed by atoms with Crippen molar-refractivity contribution in [1.82, 2.24) is 9.21 Å². The van der Waals surface area contributed by atoms with Crippen LogP contribution in [0, 0.1) is 0 Å². The Morgan fingerprint density at radius 3 is 2.70 bits per heavy atom. The monoisotopic (exact) mass is 346 g/mol. The maximum absolute atomic E-state index is 12.5. The molecule has 3 rings (SSSR count). The van der Waals surface area contributed by atoms with Gasteiger partial charge in [-0.1, -0.05) is 0 Å². The summed E-state index contributed by atoms with van der Waals surface area (Å²) in [6, 6.07) is 0.0835. The highest BCUT2D eigenvalue weighted by molar-refractivity contribution is 7.89. The van der Waals surface area contributed by atoms with Crippen molar-refractivity contribution < 1.29 is 22.7 Å². The van der Waals surface area contributed by atoms with Crippen molar-refractivity contribution in [1.29, 1.82) is 0 Å². The number of nitrogens with zero attached hydrogens (tertiary/aromatic N) is 2. The van der Waals surface area contributed by atoms with E-state index in [1.807, 2.05) is 4.90 Å². The lowest BCUT2D eigenvalue weighted by Gasteiger charge is -2.43. The standard InChI is InChI=1S/C15H26N2O5S/c18-15(4-3-11-23(19,20)16-6-1-2-7-16)17-8-10-22-14-12-21-9-5-13(14)17/h13-14H,1-12H2/t13-,14+/m0/s1. The van der Waals surface area contributed by atoms with E-state index >= 15 is 0 Å². The third-order valence-corrected chi connectivity index (χ3v) is 6.86. The lowest BCUT2D eigenvalue weighted by molar-refractivity contribution is -0.161. The Labute approximate surface area is 138 Å². The van der Waals surface area contributed by atoms with Crippen molar-refractivity contribution >= 4 is 15.9 Å². The number of amides is 1. The van der Waals surface area contributed by atoms with E-state index in [0.29, 0.717) is 45.9 Å². The molecular formula is C15H26N2O5S. The minimum Gasteiger partial charge on any atom is -0.379 e. The Bertz CT molecular complexity index is 516. The molecule has 0 unspecified atom stereocenters. The lowest BCUT2D eigenvalue weighted by Crippen LogP contribution is -2.57. The quantitative estimate of drug-likeness (QED) is 0.711. The molecule has 0 aliphatic carbocycles. The molecule has 0 aromatic carbocycles. The number of ether oxygens (including phenoxy) is 2. The fourth-order valence-electron chi connectivity index (χ4n) is 3.64. The number of rotatable bonds is 5. The molecule has 0 radical (unpaired) electrons. The highest BCUT2D eigenvalue weighted by Gasteiger charge is 2.37. The average Bonchev–Trinajstić information content (AvgIpc) is 3.09. The van der Waals surface area contributed by atoms with Crippen LogP contribution < -0.4 is 0 Å². The summed E-state index contributed by atoms with van der Waals surface area (Å²) in [4.78, 5) is 14.4. The van der Waals surface area contributed by atoms with E-state index in [-0.39, 0.29) is 30.2 Å². The molecule has 132 valence electrons. The first-order chi connectivity index (χ1) is 11.1. The molecule has 0 spiro atoms. The molecule has 0 N–H and O–H groups in total. The van der Waals surface area contributed by atoms with Crippen LogP contribution in [0.5, 0.6) is 0 Å². The summed E-state index contributed by atoms with van der Waals surface area (Å²) < 4.78 is 37.0. The van der Waals surface area contributed by atoms with Gasteiger partial charge >= 0.3 is 0 Å². The van der Waals surface area contributed by atoms with Gasteiger partial charge in [0.2, 0.25) is 15.9 Å². The third-order valence-electron chi connectivity index (χ3n) is 4.91. The second kappa shape index (κ2) is 7.46. The van der Waals surface area contributed by atoms with Crippen LogP contribution >= 0.6 is 0 Å². The molecule has 3 fully saturated rings. The number of carbonyl (C=O) groups is 1. The average molecular weight is 346 g/mol. The summed E-state index contributed by atoms with van der Waals surface area (Å²) in [5.74, 6) is 0.113. The van der Waals surface area contributed by atoms with Gasteiger partial charge < -0.3 is 14.4 Å². The number of sulfonamides is 1. The van der Waals surface area contributed by atoms with Gasteiger partial charge in [-0.25, -0.2) is 12.7 Å². The van der Waals surface area contributed by atoms with Gasteiger partial charge in [-0.3, -0.25) is 4.79 Å². The van der Waals surface area contributed by atoms with Crippen molar-refractivity contribution in [2.45, 2.75) is 44.2 Å². The Hall–Kier alpha value is -0.700. The van der Waals surface area contributed by atoms with Crippen LogP contribution in [0.4, 0.5) is 0 Å². The van der Waals surface area contributed by atoms with Crippen LogP contribution in [0.1, 0.15) is 32.1 Å². The van der Waals surface area contributed by atoms with E-state index in [4.69, 9.17) is 9.47 Å². The van der Waals surface area contributed by atoms with E-state index in [1.54, 1.807) is 4.31 Å². The van der Waals surface area contributed by atoms with Crippen LogP contribution in [0.3, 0.4) is 0 Å². The first-order valence-corrected chi connectivity index (χ1v) is 10.2. The van der Waals surface area contributed by atoms with Gasteiger partial charge in [0.1, 0.15) is 6.10 Å². The van der Waals surface area contributed by atoms with Crippen LogP contribution in [-0.4, -0.2) is 80.9 Å². The van der Waals surface area contributed by atoms with E-state index in [9.17, 15) is 13.2 Å². The fourth-order valence-corrected chi connectivity index (χ4v) is 5.22. The fraction of sp³-hybridized carbons (Fsp3) is 0.933. The molecule has 23 heavy (non-hydrogen) atoms. The lowest BCUT2D eigenvalue weighted by atomic mass is 10.0. The zero-order valence-corrected chi connectivity index (χ0v) is 14.3. The molecule has 2 atom stereocenters. The highest BCUT2D eigenvalue weighted by atomic mass is 32.2. The molecule has 0 aromatic heterocycles. The van der Waals surface area contributed by atoms with E-state index in [2.05, 4.69) is 0 Å². The van der Waals surface area contributed by atoms with Crippen molar-refractivity contribution in [3.8, 4) is 0 Å². The molecular weight excluding hydrogens is 320 g/mol. The van der Waals surface area contributed by atoms with Gasteiger partial charge in [0.25, 0.3) is 0 Å². The Morgan fingerprint density at radius 2 is 1.91 bits per heavy atom. The van der Waals surface area contributed by atoms with Crippen LogP contribution in [-0.2, 0) is 24.3 Å². The molecule has 0 saturated carbocycles. The summed E-state index contributed by atoms with van der Waals surface area (Å²) >= 11 is 0. The van der Waals surface area contributed by atoms with Gasteiger partial charge in [-0.15, -0.1) is 0 Å². The number of carbonyl (C=O) groups excluding carboxylic acids is 1. The molecule has 3 aliphatic heterocycles. The molecule has 1 amide bonds. The Kier molecular flexibility index (Phi) is 5.56. The minimum absolute atomic E-state index is 0.0326. The number of hydrogen-bond donors (Lipinski definition) is 0. The topological polar surface area (TPSA) is 76.2 Å². The van der Waals surface area contributed by atoms with Crippen LogP contribution in [0.15, 0.2) is 0 Å². The first-order valence-electron chi connectivity index (χ1n) is 8.54. The van der Waals surface area contributed by atoms with Gasteiger partial charge in [0.15, 0.2) is 0 Å².